The number of benzene rings is 4. The van der Waals surface area contributed by atoms with Gasteiger partial charge in [0, 0.05) is 31.0 Å². The van der Waals surface area contributed by atoms with Crippen molar-refractivity contribution in [2.24, 2.45) is 0 Å². The third kappa shape index (κ3) is 8.72. The van der Waals surface area contributed by atoms with E-state index in [1.165, 1.54) is 0 Å². The first-order valence-corrected chi connectivity index (χ1v) is 13.9. The highest BCUT2D eigenvalue weighted by Crippen LogP contribution is 2.19. The minimum Gasteiger partial charge on any atom is -0.497 e. The number of nitrogens with one attached hydrogen (secondary N) is 1. The number of hydrogen-bond acceptors (Lipinski definition) is 3. The number of halogens is 1. The average Bonchev–Trinajstić information content (AvgIpc) is 3.00. The summed E-state index contributed by atoms with van der Waals surface area (Å²) in [4.78, 5) is 29.3. The van der Waals surface area contributed by atoms with Crippen LogP contribution in [0.25, 0.3) is 0 Å². The van der Waals surface area contributed by atoms with Gasteiger partial charge in [-0.25, -0.2) is 0 Å². The number of nitrogens with zero attached hydrogens (tertiary/aromatic N) is 1. The summed E-state index contributed by atoms with van der Waals surface area (Å²) >= 11 is 6.12. The quantitative estimate of drug-likeness (QED) is 0.212. The molecule has 1 atom stereocenters. The first kappa shape index (κ1) is 28.9. The molecule has 2 amide bonds. The number of rotatable bonds is 13. The molecule has 0 radical (unpaired) electrons. The highest BCUT2D eigenvalue weighted by atomic mass is 35.5. The van der Waals surface area contributed by atoms with Crippen LogP contribution < -0.4 is 10.1 Å². The number of methoxy groups -OCH3 is 1. The third-order valence-corrected chi connectivity index (χ3v) is 7.13. The Bertz CT molecular complexity index is 1340. The summed E-state index contributed by atoms with van der Waals surface area (Å²) in [5, 5.41) is 3.73. The van der Waals surface area contributed by atoms with Crippen LogP contribution in [0.5, 0.6) is 5.75 Å². The first-order chi connectivity index (χ1) is 19.5. The smallest absolute Gasteiger partial charge is 0.243 e. The molecule has 0 aliphatic rings. The second-order valence-corrected chi connectivity index (χ2v) is 10.2. The number of carbonyl (C=O) groups is 2. The maximum Gasteiger partial charge on any atom is 0.243 e. The minimum absolute atomic E-state index is 0.0648. The van der Waals surface area contributed by atoms with E-state index < -0.39 is 6.04 Å². The Morgan fingerprint density at radius 2 is 1.32 bits per heavy atom. The van der Waals surface area contributed by atoms with Crippen molar-refractivity contribution >= 4 is 23.4 Å². The lowest BCUT2D eigenvalue weighted by molar-refractivity contribution is -0.141. The fourth-order valence-corrected chi connectivity index (χ4v) is 4.75. The predicted octanol–water partition coefficient (Wildman–Crippen LogP) is 6.28. The maximum atomic E-state index is 13.8. The van der Waals surface area contributed by atoms with Crippen molar-refractivity contribution in [3.63, 3.8) is 0 Å². The molecule has 0 heterocycles. The van der Waals surface area contributed by atoms with E-state index in [1.807, 2.05) is 109 Å². The average molecular weight is 555 g/mol. The monoisotopic (exact) mass is 554 g/mol. The van der Waals surface area contributed by atoms with Crippen molar-refractivity contribution in [2.45, 2.75) is 38.3 Å². The molecule has 1 N–H and O–H groups in total. The molecule has 0 unspecified atom stereocenters. The van der Waals surface area contributed by atoms with Crippen molar-refractivity contribution in [3.8, 4) is 5.75 Å². The Morgan fingerprint density at radius 3 is 1.95 bits per heavy atom. The predicted molar refractivity (Wildman–Crippen MR) is 160 cm³/mol. The zero-order valence-corrected chi connectivity index (χ0v) is 23.5. The van der Waals surface area contributed by atoms with Gasteiger partial charge in [-0.1, -0.05) is 96.5 Å². The van der Waals surface area contributed by atoms with Crippen LogP contribution in [0.1, 0.15) is 28.7 Å². The topological polar surface area (TPSA) is 58.6 Å². The zero-order valence-electron chi connectivity index (χ0n) is 22.8. The molecule has 6 heteroatoms. The lowest BCUT2D eigenvalue weighted by Crippen LogP contribution is -2.50. The second kappa shape index (κ2) is 14.9. The Morgan fingerprint density at radius 1 is 0.750 bits per heavy atom. The first-order valence-electron chi connectivity index (χ1n) is 13.5. The molecule has 0 aliphatic carbocycles. The van der Waals surface area contributed by atoms with E-state index in [4.69, 9.17) is 16.3 Å². The Hall–Kier alpha value is -4.09. The number of hydrogen-bond donors (Lipinski definition) is 1. The molecule has 0 aliphatic heterocycles. The van der Waals surface area contributed by atoms with Gasteiger partial charge >= 0.3 is 0 Å². The van der Waals surface area contributed by atoms with Gasteiger partial charge in [0.1, 0.15) is 11.8 Å². The van der Waals surface area contributed by atoms with Gasteiger partial charge in [-0.15, -0.1) is 0 Å². The molecule has 0 bridgehead atoms. The van der Waals surface area contributed by atoms with Crippen LogP contribution in [0.15, 0.2) is 109 Å². The van der Waals surface area contributed by atoms with Gasteiger partial charge in [0.05, 0.1) is 7.11 Å². The number of amides is 2. The highest BCUT2D eigenvalue weighted by Gasteiger charge is 2.30. The molecule has 206 valence electrons. The molecule has 5 nitrogen and oxygen atoms in total. The molecule has 4 rings (SSSR count). The summed E-state index contributed by atoms with van der Waals surface area (Å²) in [6, 6.07) is 34.3. The van der Waals surface area contributed by atoms with Gasteiger partial charge in [-0.3, -0.25) is 9.59 Å². The Labute approximate surface area is 241 Å². The number of carbonyl (C=O) groups excluding carboxylic acids is 2. The summed E-state index contributed by atoms with van der Waals surface area (Å²) in [6.07, 6.45) is 2.00. The molecule has 0 aromatic heterocycles. The van der Waals surface area contributed by atoms with Crippen LogP contribution in [-0.2, 0) is 35.4 Å². The summed E-state index contributed by atoms with van der Waals surface area (Å²) in [7, 11) is 1.64. The summed E-state index contributed by atoms with van der Waals surface area (Å²) in [6.45, 7) is 0.775. The molecule has 0 saturated carbocycles. The molecule has 4 aromatic rings. The summed E-state index contributed by atoms with van der Waals surface area (Å²) in [5.74, 6) is 0.562. The zero-order chi connectivity index (χ0) is 28.2. The Kier molecular flexibility index (Phi) is 10.8. The number of aryl methyl sites for hydroxylation is 1. The van der Waals surface area contributed by atoms with Gasteiger partial charge in [-0.2, -0.15) is 0 Å². The Balaban J connectivity index is 1.54. The molecule has 4 aromatic carbocycles. The van der Waals surface area contributed by atoms with Crippen LogP contribution in [0.3, 0.4) is 0 Å². The summed E-state index contributed by atoms with van der Waals surface area (Å²) in [5.41, 5.74) is 4.10. The molecule has 0 saturated heterocycles. The van der Waals surface area contributed by atoms with E-state index in [2.05, 4.69) is 5.32 Å². The third-order valence-electron chi connectivity index (χ3n) is 6.88. The van der Waals surface area contributed by atoms with Crippen LogP contribution in [-0.4, -0.2) is 36.4 Å². The highest BCUT2D eigenvalue weighted by molar-refractivity contribution is 6.30. The number of ether oxygens (including phenoxy) is 1. The lowest BCUT2D eigenvalue weighted by atomic mass is 10.0. The molecule has 0 spiro atoms. The second-order valence-electron chi connectivity index (χ2n) is 9.73. The van der Waals surface area contributed by atoms with E-state index in [9.17, 15) is 9.59 Å². The minimum atomic E-state index is -0.669. The van der Waals surface area contributed by atoms with E-state index in [-0.39, 0.29) is 11.8 Å². The van der Waals surface area contributed by atoms with E-state index in [1.54, 1.807) is 12.0 Å². The van der Waals surface area contributed by atoms with Gasteiger partial charge < -0.3 is 15.0 Å². The SMILES string of the molecule is COc1ccc(CCNC(=O)[C@@H](Cc2ccccc2)N(Cc2ccc(Cl)cc2)C(=O)CCc2ccccc2)cc1. The molecular formula is C34H35ClN2O3. The molecule has 0 fully saturated rings. The van der Waals surface area contributed by atoms with Crippen molar-refractivity contribution < 1.29 is 14.3 Å². The van der Waals surface area contributed by atoms with Gasteiger partial charge in [0.15, 0.2) is 0 Å². The largest absolute Gasteiger partial charge is 0.497 e. The van der Waals surface area contributed by atoms with Gasteiger partial charge in [0.2, 0.25) is 11.8 Å². The fraction of sp³-hybridized carbons (Fsp3) is 0.235. The molecular weight excluding hydrogens is 520 g/mol. The van der Waals surface area contributed by atoms with E-state index in [0.717, 1.165) is 28.0 Å². The fourth-order valence-electron chi connectivity index (χ4n) is 4.62. The van der Waals surface area contributed by atoms with Crippen LogP contribution in [0.2, 0.25) is 5.02 Å². The van der Waals surface area contributed by atoms with Gasteiger partial charge in [-0.05, 0) is 59.4 Å². The normalized spacial score (nSPS) is 11.4. The van der Waals surface area contributed by atoms with Crippen LogP contribution in [0.4, 0.5) is 0 Å². The van der Waals surface area contributed by atoms with Crippen molar-refractivity contribution in [2.75, 3.05) is 13.7 Å². The summed E-state index contributed by atoms with van der Waals surface area (Å²) < 4.78 is 5.24. The standard InChI is InChI=1S/C34H35ClN2O3/c1-40-31-19-14-27(15-20-31)22-23-36-34(39)32(24-28-10-6-3-7-11-28)37(25-29-12-17-30(35)18-13-29)33(38)21-16-26-8-4-2-5-9-26/h2-15,17-20,32H,16,21-25H2,1H3,(H,36,39)/t32-/m1/s1. The maximum absolute atomic E-state index is 13.8. The van der Waals surface area contributed by atoms with Crippen molar-refractivity contribution in [3.05, 3.63) is 136 Å². The van der Waals surface area contributed by atoms with Crippen LogP contribution in [0, 0.1) is 0 Å². The van der Waals surface area contributed by atoms with E-state index >= 15 is 0 Å². The van der Waals surface area contributed by atoms with Crippen molar-refractivity contribution in [1.29, 1.82) is 0 Å². The lowest BCUT2D eigenvalue weighted by Gasteiger charge is -2.32. The van der Waals surface area contributed by atoms with Crippen molar-refractivity contribution in [1.82, 2.24) is 10.2 Å². The van der Waals surface area contributed by atoms with E-state index in [0.29, 0.717) is 43.8 Å². The molecule has 40 heavy (non-hydrogen) atoms. The van der Waals surface area contributed by atoms with Gasteiger partial charge in [0.25, 0.3) is 0 Å². The van der Waals surface area contributed by atoms with Crippen LogP contribution >= 0.6 is 11.6 Å².